The van der Waals surface area contributed by atoms with Crippen molar-refractivity contribution in [3.8, 4) is 0 Å². The number of unbranched alkanes of at least 4 members (excludes halogenated alkanes) is 2. The van der Waals surface area contributed by atoms with Crippen molar-refractivity contribution in [1.82, 2.24) is 10.2 Å². The molecule has 2 rings (SSSR count). The number of aliphatic hydroxyl groups excluding tert-OH is 1. The molecule has 0 aromatic heterocycles. The molecule has 0 aliphatic carbocycles. The summed E-state index contributed by atoms with van der Waals surface area (Å²) in [5.41, 5.74) is 1.02. The number of aliphatic hydroxyl groups is 1. The van der Waals surface area contributed by atoms with Crippen molar-refractivity contribution in [3.63, 3.8) is 0 Å². The maximum absolute atomic E-state index is 12.8. The summed E-state index contributed by atoms with van der Waals surface area (Å²) in [6.45, 7) is 8.70. The van der Waals surface area contributed by atoms with Crippen LogP contribution in [-0.2, 0) is 15.7 Å². The quantitative estimate of drug-likeness (QED) is 0.621. The molecule has 0 radical (unpaired) electrons. The Morgan fingerprint density at radius 1 is 1.08 bits per heavy atom. The standard InChI is InChI=1S/C19H28N2O3/c1-18(2,3)14-8-10-15(11-9-14)19(4)16(23)21(17(24)20-19)12-6-5-7-13-22/h8-11,22H,5-7,12-13H2,1-4H3,(H,20,24). The highest BCUT2D eigenvalue weighted by molar-refractivity contribution is 6.07. The summed E-state index contributed by atoms with van der Waals surface area (Å²) in [6, 6.07) is 7.54. The monoisotopic (exact) mass is 332 g/mol. The molecule has 5 heteroatoms. The molecule has 0 spiro atoms. The maximum Gasteiger partial charge on any atom is 0.325 e. The molecule has 1 aromatic rings. The molecular formula is C19H28N2O3. The summed E-state index contributed by atoms with van der Waals surface area (Å²) < 4.78 is 0. The van der Waals surface area contributed by atoms with Gasteiger partial charge in [-0.15, -0.1) is 0 Å². The largest absolute Gasteiger partial charge is 0.396 e. The Morgan fingerprint density at radius 2 is 1.71 bits per heavy atom. The molecule has 0 bridgehead atoms. The predicted octanol–water partition coefficient (Wildman–Crippen LogP) is 2.91. The van der Waals surface area contributed by atoms with E-state index in [4.69, 9.17) is 5.11 Å². The van der Waals surface area contributed by atoms with Gasteiger partial charge in [-0.3, -0.25) is 9.69 Å². The van der Waals surface area contributed by atoms with Gasteiger partial charge in [0, 0.05) is 13.2 Å². The minimum atomic E-state index is -1.01. The van der Waals surface area contributed by atoms with Crippen LogP contribution in [0.2, 0.25) is 0 Å². The van der Waals surface area contributed by atoms with Crippen LogP contribution in [0, 0.1) is 0 Å². The van der Waals surface area contributed by atoms with Crippen molar-refractivity contribution in [2.24, 2.45) is 0 Å². The fourth-order valence-electron chi connectivity index (χ4n) is 2.96. The molecule has 5 nitrogen and oxygen atoms in total. The number of amides is 3. The summed E-state index contributed by atoms with van der Waals surface area (Å²) >= 11 is 0. The van der Waals surface area contributed by atoms with Gasteiger partial charge in [0.25, 0.3) is 5.91 Å². The van der Waals surface area contributed by atoms with Crippen molar-refractivity contribution >= 4 is 11.9 Å². The van der Waals surface area contributed by atoms with Gasteiger partial charge in [-0.2, -0.15) is 0 Å². The zero-order valence-electron chi connectivity index (χ0n) is 15.1. The van der Waals surface area contributed by atoms with E-state index in [0.29, 0.717) is 19.4 Å². The highest BCUT2D eigenvalue weighted by Crippen LogP contribution is 2.31. The average Bonchev–Trinajstić information content (AvgIpc) is 2.74. The molecule has 1 aromatic carbocycles. The number of carbonyl (C=O) groups excluding carboxylic acids is 2. The number of imide groups is 1. The summed E-state index contributed by atoms with van der Waals surface area (Å²) in [7, 11) is 0. The number of hydrogen-bond donors (Lipinski definition) is 2. The smallest absolute Gasteiger partial charge is 0.325 e. The first kappa shape index (κ1) is 18.5. The van der Waals surface area contributed by atoms with Gasteiger partial charge < -0.3 is 10.4 Å². The zero-order chi connectivity index (χ0) is 18.0. The number of carbonyl (C=O) groups is 2. The Labute approximate surface area is 144 Å². The maximum atomic E-state index is 12.8. The van der Waals surface area contributed by atoms with E-state index in [1.54, 1.807) is 6.92 Å². The van der Waals surface area contributed by atoms with Gasteiger partial charge in [0.15, 0.2) is 0 Å². The lowest BCUT2D eigenvalue weighted by Crippen LogP contribution is -2.41. The van der Waals surface area contributed by atoms with Crippen LogP contribution in [0.5, 0.6) is 0 Å². The summed E-state index contributed by atoms with van der Waals surface area (Å²) in [5.74, 6) is -0.208. The lowest BCUT2D eigenvalue weighted by Gasteiger charge is -2.24. The van der Waals surface area contributed by atoms with Crippen LogP contribution >= 0.6 is 0 Å². The first-order valence-corrected chi connectivity index (χ1v) is 8.56. The second-order valence-electron chi connectivity index (χ2n) is 7.62. The van der Waals surface area contributed by atoms with E-state index in [-0.39, 0.29) is 24.0 Å². The molecule has 1 aliphatic rings. The number of hydrogen-bond acceptors (Lipinski definition) is 3. The number of rotatable bonds is 6. The number of urea groups is 1. The molecule has 1 unspecified atom stereocenters. The number of nitrogens with one attached hydrogen (secondary N) is 1. The van der Waals surface area contributed by atoms with Crippen LogP contribution in [0.25, 0.3) is 0 Å². The topological polar surface area (TPSA) is 69.6 Å². The van der Waals surface area contributed by atoms with Crippen molar-refractivity contribution in [3.05, 3.63) is 35.4 Å². The van der Waals surface area contributed by atoms with Gasteiger partial charge in [-0.05, 0) is 42.7 Å². The Morgan fingerprint density at radius 3 is 2.25 bits per heavy atom. The third kappa shape index (κ3) is 3.61. The van der Waals surface area contributed by atoms with Crippen LogP contribution in [0.1, 0.15) is 58.1 Å². The molecule has 1 heterocycles. The highest BCUT2D eigenvalue weighted by Gasteiger charge is 2.48. The number of benzene rings is 1. The van der Waals surface area contributed by atoms with Gasteiger partial charge in [0.05, 0.1) is 0 Å². The Kier molecular flexibility index (Phi) is 5.33. The molecule has 1 atom stereocenters. The van der Waals surface area contributed by atoms with E-state index in [9.17, 15) is 9.59 Å². The fourth-order valence-corrected chi connectivity index (χ4v) is 2.96. The van der Waals surface area contributed by atoms with Gasteiger partial charge in [0.2, 0.25) is 0 Å². The van der Waals surface area contributed by atoms with Gasteiger partial charge in [0.1, 0.15) is 5.54 Å². The van der Waals surface area contributed by atoms with Crippen molar-refractivity contribution in [2.75, 3.05) is 13.2 Å². The minimum Gasteiger partial charge on any atom is -0.396 e. The third-order valence-corrected chi connectivity index (χ3v) is 4.64. The second-order valence-corrected chi connectivity index (χ2v) is 7.62. The van der Waals surface area contributed by atoms with Crippen molar-refractivity contribution < 1.29 is 14.7 Å². The second kappa shape index (κ2) is 6.93. The summed E-state index contributed by atoms with van der Waals surface area (Å²) in [6.07, 6.45) is 2.19. The Hall–Kier alpha value is -1.88. The van der Waals surface area contributed by atoms with Gasteiger partial charge in [-0.1, -0.05) is 45.0 Å². The lowest BCUT2D eigenvalue weighted by atomic mass is 9.84. The molecule has 1 saturated heterocycles. The van der Waals surface area contributed by atoms with E-state index in [1.807, 2.05) is 24.3 Å². The summed E-state index contributed by atoms with van der Waals surface area (Å²) in [4.78, 5) is 26.3. The molecule has 1 fully saturated rings. The van der Waals surface area contributed by atoms with Crippen LogP contribution in [-0.4, -0.2) is 35.1 Å². The van der Waals surface area contributed by atoms with Gasteiger partial charge in [-0.25, -0.2) is 4.79 Å². The van der Waals surface area contributed by atoms with E-state index >= 15 is 0 Å². The van der Waals surface area contributed by atoms with E-state index in [0.717, 1.165) is 12.0 Å². The fraction of sp³-hybridized carbons (Fsp3) is 0.579. The van der Waals surface area contributed by atoms with E-state index in [1.165, 1.54) is 10.5 Å². The molecule has 0 saturated carbocycles. The number of nitrogens with zero attached hydrogens (tertiary/aromatic N) is 1. The predicted molar refractivity (Wildman–Crippen MR) is 93.7 cm³/mol. The van der Waals surface area contributed by atoms with E-state index < -0.39 is 5.54 Å². The van der Waals surface area contributed by atoms with Crippen LogP contribution in [0.15, 0.2) is 24.3 Å². The summed E-state index contributed by atoms with van der Waals surface area (Å²) in [5, 5.41) is 11.6. The molecular weight excluding hydrogens is 304 g/mol. The van der Waals surface area contributed by atoms with Crippen LogP contribution in [0.4, 0.5) is 4.79 Å². The molecule has 2 N–H and O–H groups in total. The van der Waals surface area contributed by atoms with Crippen LogP contribution < -0.4 is 5.32 Å². The normalized spacial score (nSPS) is 21.3. The first-order chi connectivity index (χ1) is 11.2. The van der Waals surface area contributed by atoms with Crippen molar-refractivity contribution in [1.29, 1.82) is 0 Å². The lowest BCUT2D eigenvalue weighted by molar-refractivity contribution is -0.131. The molecule has 24 heavy (non-hydrogen) atoms. The first-order valence-electron chi connectivity index (χ1n) is 8.56. The minimum absolute atomic E-state index is 0.0428. The SMILES string of the molecule is CC(C)(C)c1ccc(C2(C)NC(=O)N(CCCCCO)C2=O)cc1. The molecule has 132 valence electrons. The highest BCUT2D eigenvalue weighted by atomic mass is 16.3. The zero-order valence-corrected chi connectivity index (χ0v) is 15.1. The molecule has 1 aliphatic heterocycles. The Balaban J connectivity index is 2.15. The van der Waals surface area contributed by atoms with Crippen molar-refractivity contribution in [2.45, 2.75) is 57.9 Å². The van der Waals surface area contributed by atoms with Gasteiger partial charge >= 0.3 is 6.03 Å². The Bertz CT molecular complexity index is 604. The third-order valence-electron chi connectivity index (χ3n) is 4.64. The van der Waals surface area contributed by atoms with E-state index in [2.05, 4.69) is 26.1 Å². The van der Waals surface area contributed by atoms with Crippen LogP contribution in [0.3, 0.4) is 0 Å². The molecule has 3 amide bonds. The average molecular weight is 332 g/mol.